The highest BCUT2D eigenvalue weighted by Gasteiger charge is 2.21. The highest BCUT2D eigenvalue weighted by molar-refractivity contribution is 7.20. The number of thiophene rings is 1. The topological polar surface area (TPSA) is 93.7 Å². The first-order chi connectivity index (χ1) is 20.1. The molecule has 1 atom stereocenters. The summed E-state index contributed by atoms with van der Waals surface area (Å²) < 4.78 is 31.4. The van der Waals surface area contributed by atoms with Crippen molar-refractivity contribution in [2.24, 2.45) is 10.9 Å². The maximum atomic E-state index is 15.7. The zero-order chi connectivity index (χ0) is 30.0. The minimum atomic E-state index is -1.00. The number of nitrogens with one attached hydrogen (secondary N) is 2. The van der Waals surface area contributed by atoms with Gasteiger partial charge in [0, 0.05) is 48.4 Å². The van der Waals surface area contributed by atoms with E-state index in [4.69, 9.17) is 4.99 Å². The number of carbonyl (C=O) groups excluding carboxylic acids is 1. The normalized spacial score (nSPS) is 16.3. The molecule has 218 valence electrons. The Bertz CT molecular complexity index is 1730. The molecule has 0 spiro atoms. The molecule has 1 unspecified atom stereocenters. The molecule has 1 aliphatic heterocycles. The van der Waals surface area contributed by atoms with Crippen LogP contribution in [0.15, 0.2) is 70.1 Å². The van der Waals surface area contributed by atoms with Crippen molar-refractivity contribution in [2.75, 3.05) is 39.0 Å². The second-order valence-electron chi connectivity index (χ2n) is 10.5. The third-order valence-corrected chi connectivity index (χ3v) is 8.57. The van der Waals surface area contributed by atoms with E-state index in [1.54, 1.807) is 6.07 Å². The molecule has 0 bridgehead atoms. The summed E-state index contributed by atoms with van der Waals surface area (Å²) >= 11 is 1.23. The van der Waals surface area contributed by atoms with Gasteiger partial charge in [-0.3, -0.25) is 14.5 Å². The Morgan fingerprint density at radius 1 is 1.19 bits per heavy atom. The van der Waals surface area contributed by atoms with Crippen LogP contribution < -0.4 is 10.9 Å². The van der Waals surface area contributed by atoms with E-state index in [2.05, 4.69) is 32.4 Å². The lowest BCUT2D eigenvalue weighted by atomic mass is 10.0. The number of aromatic nitrogens is 2. The summed E-state index contributed by atoms with van der Waals surface area (Å²) in [7, 11) is 4.08. The fourth-order valence-electron chi connectivity index (χ4n) is 4.65. The van der Waals surface area contributed by atoms with Gasteiger partial charge in [-0.25, -0.2) is 18.9 Å². The fourth-order valence-corrected chi connectivity index (χ4v) is 5.61. The molecule has 2 aromatic carbocycles. The summed E-state index contributed by atoms with van der Waals surface area (Å²) in [6.45, 7) is 6.65. The fraction of sp³-hybridized carbons (Fsp3) is 0.290. The summed E-state index contributed by atoms with van der Waals surface area (Å²) in [6.07, 6.45) is 2.80. The van der Waals surface area contributed by atoms with Crippen LogP contribution in [0.25, 0.3) is 21.3 Å². The number of aromatic amines is 1. The van der Waals surface area contributed by atoms with Crippen molar-refractivity contribution in [3.63, 3.8) is 0 Å². The van der Waals surface area contributed by atoms with E-state index in [9.17, 15) is 14.0 Å². The number of likely N-dealkylation sites (N-methyl/N-ethyl adjacent to an activating group) is 2. The van der Waals surface area contributed by atoms with Gasteiger partial charge in [0.15, 0.2) is 5.82 Å². The molecule has 8 nitrogen and oxygen atoms in total. The number of anilines is 1. The van der Waals surface area contributed by atoms with Crippen molar-refractivity contribution in [2.45, 2.75) is 20.3 Å². The molecule has 11 heteroatoms. The van der Waals surface area contributed by atoms with Gasteiger partial charge in [-0.05, 0) is 61.2 Å². The summed E-state index contributed by atoms with van der Waals surface area (Å²) in [5, 5.41) is 9.64. The van der Waals surface area contributed by atoms with E-state index in [1.807, 2.05) is 51.2 Å². The van der Waals surface area contributed by atoms with Gasteiger partial charge in [-0.1, -0.05) is 32.0 Å². The monoisotopic (exact) mass is 590 g/mol. The number of nitrogens with zero attached hydrogens (tertiary/aromatic N) is 4. The lowest BCUT2D eigenvalue weighted by Crippen LogP contribution is -2.41. The Morgan fingerprint density at radius 2 is 1.98 bits per heavy atom. The highest BCUT2D eigenvalue weighted by Crippen LogP contribution is 2.32. The summed E-state index contributed by atoms with van der Waals surface area (Å²) in [5.41, 5.74) is 0.681. The highest BCUT2D eigenvalue weighted by atomic mass is 32.1. The van der Waals surface area contributed by atoms with Crippen LogP contribution in [0.4, 0.5) is 20.2 Å². The molecule has 3 heterocycles. The average Bonchev–Trinajstić information content (AvgIpc) is 3.42. The summed E-state index contributed by atoms with van der Waals surface area (Å²) in [4.78, 5) is 35.1. The number of H-pyrrole nitrogens is 1. The zero-order valence-corrected chi connectivity index (χ0v) is 24.7. The SMILES string of the molecule is CCC(C)C(/C=C1\CN(C)CCN1C)=Nc1cc(-c2ccc(F)c(NC(=O)c3cc4ccccc4s3)c2F)n[nH]c1=O. The number of hydrogen-bond acceptors (Lipinski definition) is 7. The van der Waals surface area contributed by atoms with Crippen LogP contribution in [0.1, 0.15) is 29.9 Å². The molecular formula is C31H32F2N6O2S. The average molecular weight is 591 g/mol. The van der Waals surface area contributed by atoms with Crippen LogP contribution >= 0.6 is 11.3 Å². The maximum Gasteiger partial charge on any atom is 0.290 e. The van der Waals surface area contributed by atoms with E-state index in [0.717, 1.165) is 47.9 Å². The molecule has 2 aromatic heterocycles. The van der Waals surface area contributed by atoms with Crippen molar-refractivity contribution in [3.8, 4) is 11.3 Å². The molecule has 4 aromatic rings. The Balaban J connectivity index is 1.50. The van der Waals surface area contributed by atoms with Gasteiger partial charge in [0.25, 0.3) is 11.5 Å². The van der Waals surface area contributed by atoms with E-state index < -0.39 is 28.8 Å². The van der Waals surface area contributed by atoms with Gasteiger partial charge in [0.05, 0.1) is 10.6 Å². The quantitative estimate of drug-likeness (QED) is 0.255. The minimum Gasteiger partial charge on any atom is -0.375 e. The molecular weight excluding hydrogens is 558 g/mol. The number of amides is 1. The molecule has 0 radical (unpaired) electrons. The molecule has 42 heavy (non-hydrogen) atoms. The first-order valence-corrected chi connectivity index (χ1v) is 14.5. The minimum absolute atomic E-state index is 0.0485. The predicted octanol–water partition coefficient (Wildman–Crippen LogP) is 6.06. The van der Waals surface area contributed by atoms with Crippen LogP contribution in [0, 0.1) is 17.6 Å². The second-order valence-corrected chi connectivity index (χ2v) is 11.6. The van der Waals surface area contributed by atoms with Crippen molar-refractivity contribution >= 4 is 44.4 Å². The number of aliphatic imine (C=N–C) groups is 1. The largest absolute Gasteiger partial charge is 0.375 e. The van der Waals surface area contributed by atoms with Crippen LogP contribution in [0.3, 0.4) is 0 Å². The Morgan fingerprint density at radius 3 is 2.74 bits per heavy atom. The first kappa shape index (κ1) is 29.3. The van der Waals surface area contributed by atoms with E-state index in [-0.39, 0.29) is 22.9 Å². The lowest BCUT2D eigenvalue weighted by molar-refractivity contribution is 0.102. The third kappa shape index (κ3) is 6.17. The number of hydrogen-bond donors (Lipinski definition) is 2. The summed E-state index contributed by atoms with van der Waals surface area (Å²) in [6, 6.07) is 12.8. The van der Waals surface area contributed by atoms with Crippen LogP contribution in [0.2, 0.25) is 0 Å². The number of piperazine rings is 1. The molecule has 1 aliphatic rings. The third-order valence-electron chi connectivity index (χ3n) is 7.46. The number of fused-ring (bicyclic) bond motifs is 1. The summed E-state index contributed by atoms with van der Waals surface area (Å²) in [5.74, 6) is -2.52. The van der Waals surface area contributed by atoms with Crippen molar-refractivity contribution in [3.05, 3.63) is 87.2 Å². The van der Waals surface area contributed by atoms with Gasteiger partial charge in [-0.2, -0.15) is 5.10 Å². The van der Waals surface area contributed by atoms with Gasteiger partial charge in [0.2, 0.25) is 0 Å². The van der Waals surface area contributed by atoms with Gasteiger partial charge < -0.3 is 10.2 Å². The predicted molar refractivity (Wildman–Crippen MR) is 165 cm³/mol. The number of rotatable bonds is 7. The van der Waals surface area contributed by atoms with Crippen LogP contribution in [-0.4, -0.2) is 65.3 Å². The smallest absolute Gasteiger partial charge is 0.290 e. The zero-order valence-electron chi connectivity index (χ0n) is 23.9. The van der Waals surface area contributed by atoms with E-state index in [1.165, 1.54) is 23.5 Å². The molecule has 1 amide bonds. The lowest BCUT2D eigenvalue weighted by Gasteiger charge is -2.34. The van der Waals surface area contributed by atoms with Gasteiger partial charge >= 0.3 is 0 Å². The van der Waals surface area contributed by atoms with Gasteiger partial charge in [-0.15, -0.1) is 11.3 Å². The molecule has 2 N–H and O–H groups in total. The Labute approximate surface area is 246 Å². The molecule has 0 aliphatic carbocycles. The maximum absolute atomic E-state index is 15.7. The number of allylic oxidation sites excluding steroid dienone is 1. The molecule has 1 saturated heterocycles. The van der Waals surface area contributed by atoms with Crippen LogP contribution in [0.5, 0.6) is 0 Å². The number of carbonyl (C=O) groups is 1. The van der Waals surface area contributed by atoms with Gasteiger partial charge in [0.1, 0.15) is 17.2 Å². The van der Waals surface area contributed by atoms with E-state index in [0.29, 0.717) is 10.6 Å². The number of benzene rings is 2. The number of halogens is 2. The first-order valence-electron chi connectivity index (χ1n) is 13.7. The van der Waals surface area contributed by atoms with E-state index >= 15 is 4.39 Å². The van der Waals surface area contributed by atoms with Crippen LogP contribution in [-0.2, 0) is 0 Å². The van der Waals surface area contributed by atoms with Crippen molar-refractivity contribution in [1.29, 1.82) is 0 Å². The molecule has 0 saturated carbocycles. The molecule has 1 fully saturated rings. The molecule has 5 rings (SSSR count). The van der Waals surface area contributed by atoms with Crippen molar-refractivity contribution in [1.82, 2.24) is 20.0 Å². The standard InChI is InChI=1S/C31H32F2N6O2S/c1-5-18(2)23(15-20-17-38(3)12-13-39(20)4)34-25-16-24(36-37-30(25)40)21-10-11-22(32)29(28(21)33)35-31(41)27-14-19-8-6-7-9-26(19)42-27/h6-11,14-16,18H,5,12-13,17H2,1-4H3,(H,35,41)(H,37,40)/b20-15+,34-23?. The Hall–Kier alpha value is -4.22. The van der Waals surface area contributed by atoms with Crippen molar-refractivity contribution < 1.29 is 13.6 Å². The second kappa shape index (κ2) is 12.3. The Kier molecular flexibility index (Phi) is 8.60.